The number of ketones is 1. The first-order chi connectivity index (χ1) is 11.7. The number of carbonyl (C=O) groups excluding carboxylic acids is 2. The molecule has 2 heterocycles. The van der Waals surface area contributed by atoms with Crippen LogP contribution >= 0.6 is 11.6 Å². The van der Waals surface area contributed by atoms with Crippen molar-refractivity contribution in [3.63, 3.8) is 0 Å². The van der Waals surface area contributed by atoms with Gasteiger partial charge in [0, 0.05) is 35.5 Å². The Hall–Kier alpha value is -2.14. The number of rotatable bonds is 2. The second kappa shape index (κ2) is 6.30. The van der Waals surface area contributed by atoms with Crippen LogP contribution < -0.4 is 5.32 Å². The van der Waals surface area contributed by atoms with Crippen molar-refractivity contribution in [2.75, 3.05) is 7.11 Å². The van der Waals surface area contributed by atoms with E-state index in [0.29, 0.717) is 28.4 Å². The summed E-state index contributed by atoms with van der Waals surface area (Å²) in [6.07, 6.45) is 2.81. The van der Waals surface area contributed by atoms with Crippen molar-refractivity contribution in [3.8, 4) is 0 Å². The molecule has 0 fully saturated rings. The molecule has 1 aliphatic heterocycles. The number of nitrogens with zero attached hydrogens (tertiary/aromatic N) is 1. The van der Waals surface area contributed by atoms with Gasteiger partial charge in [-0.05, 0) is 30.4 Å². The molecule has 0 saturated heterocycles. The molecule has 0 spiro atoms. The van der Waals surface area contributed by atoms with Gasteiger partial charge in [0.15, 0.2) is 5.78 Å². The molecule has 0 bridgehead atoms. The van der Waals surface area contributed by atoms with Crippen molar-refractivity contribution in [1.82, 2.24) is 10.3 Å². The number of ether oxygens (including phenoxy) is 1. The summed E-state index contributed by atoms with van der Waals surface area (Å²) in [7, 11) is 1.34. The average Bonchev–Trinajstić information content (AvgIpc) is 2.52. The molecular formula is C19H21ClN2O3. The summed E-state index contributed by atoms with van der Waals surface area (Å²) in [5, 5.41) is 3.64. The molecule has 1 aromatic heterocycles. The number of pyridine rings is 1. The van der Waals surface area contributed by atoms with E-state index in [4.69, 9.17) is 16.3 Å². The normalized spacial score (nSPS) is 22.4. The Morgan fingerprint density at radius 3 is 2.68 bits per heavy atom. The van der Waals surface area contributed by atoms with E-state index >= 15 is 0 Å². The zero-order chi connectivity index (χ0) is 18.4. The maximum Gasteiger partial charge on any atom is 0.336 e. The van der Waals surface area contributed by atoms with E-state index in [-0.39, 0.29) is 11.2 Å². The Kier molecular flexibility index (Phi) is 4.45. The third-order valence-corrected chi connectivity index (χ3v) is 4.95. The lowest BCUT2D eigenvalue weighted by Crippen LogP contribution is -2.38. The molecule has 2 aliphatic rings. The van der Waals surface area contributed by atoms with Crippen LogP contribution in [0.5, 0.6) is 0 Å². The molecule has 6 heteroatoms. The molecule has 132 valence electrons. The standard InChI is InChI=1S/C19H21ClN2O3/c1-10-15(18(24)25-4)16(11-5-6-14(20)21-9-11)17-12(22-10)7-19(2,3)8-13(17)23/h5-6,9,16,22H,7-8H2,1-4H3/t16-/m0/s1. The second-order valence-corrected chi connectivity index (χ2v) is 7.72. The quantitative estimate of drug-likeness (QED) is 0.645. The zero-order valence-corrected chi connectivity index (χ0v) is 15.5. The highest BCUT2D eigenvalue weighted by Gasteiger charge is 2.43. The number of carbonyl (C=O) groups is 2. The van der Waals surface area contributed by atoms with Gasteiger partial charge >= 0.3 is 5.97 Å². The highest BCUT2D eigenvalue weighted by molar-refractivity contribution is 6.29. The number of dihydropyridines is 1. The van der Waals surface area contributed by atoms with Gasteiger partial charge < -0.3 is 10.1 Å². The minimum Gasteiger partial charge on any atom is -0.466 e. The van der Waals surface area contributed by atoms with Crippen LogP contribution in [0.4, 0.5) is 0 Å². The van der Waals surface area contributed by atoms with E-state index in [1.54, 1.807) is 18.3 Å². The van der Waals surface area contributed by atoms with E-state index < -0.39 is 11.9 Å². The van der Waals surface area contributed by atoms with E-state index in [0.717, 1.165) is 17.7 Å². The van der Waals surface area contributed by atoms with Crippen molar-refractivity contribution < 1.29 is 14.3 Å². The third-order valence-electron chi connectivity index (χ3n) is 4.73. The van der Waals surface area contributed by atoms with E-state index in [9.17, 15) is 9.59 Å². The van der Waals surface area contributed by atoms with E-state index in [2.05, 4.69) is 24.1 Å². The number of nitrogens with one attached hydrogen (secondary N) is 1. The lowest BCUT2D eigenvalue weighted by molar-refractivity contribution is -0.136. The Balaban J connectivity index is 2.19. The van der Waals surface area contributed by atoms with Gasteiger partial charge in [0.1, 0.15) is 5.15 Å². The zero-order valence-electron chi connectivity index (χ0n) is 14.8. The average molecular weight is 361 g/mol. The highest BCUT2D eigenvalue weighted by Crippen LogP contribution is 2.46. The summed E-state index contributed by atoms with van der Waals surface area (Å²) in [6.45, 7) is 5.98. The first-order valence-electron chi connectivity index (χ1n) is 8.17. The van der Waals surface area contributed by atoms with E-state index in [1.807, 2.05) is 6.92 Å². The Morgan fingerprint density at radius 1 is 1.36 bits per heavy atom. The maximum atomic E-state index is 12.9. The molecule has 1 N–H and O–H groups in total. The van der Waals surface area contributed by atoms with Gasteiger partial charge in [0.2, 0.25) is 0 Å². The lowest BCUT2D eigenvalue weighted by Gasteiger charge is -2.39. The molecule has 0 unspecified atom stereocenters. The summed E-state index contributed by atoms with van der Waals surface area (Å²) in [5.74, 6) is -0.890. The summed E-state index contributed by atoms with van der Waals surface area (Å²) < 4.78 is 4.97. The Labute approximate surface area is 152 Å². The van der Waals surface area contributed by atoms with Crippen LogP contribution in [0.3, 0.4) is 0 Å². The number of methoxy groups -OCH3 is 1. The van der Waals surface area contributed by atoms with Crippen LogP contribution in [-0.4, -0.2) is 23.8 Å². The molecule has 3 rings (SSSR count). The number of halogens is 1. The van der Waals surface area contributed by atoms with Gasteiger partial charge in [-0.15, -0.1) is 0 Å². The van der Waals surface area contributed by atoms with Gasteiger partial charge in [0.05, 0.1) is 12.7 Å². The number of hydrogen-bond donors (Lipinski definition) is 1. The first-order valence-corrected chi connectivity index (χ1v) is 8.55. The molecule has 0 radical (unpaired) electrons. The molecule has 0 amide bonds. The number of allylic oxidation sites excluding steroid dienone is 3. The van der Waals surface area contributed by atoms with Crippen molar-refractivity contribution in [2.24, 2.45) is 5.41 Å². The summed E-state index contributed by atoms with van der Waals surface area (Å²) in [6, 6.07) is 3.47. The van der Waals surface area contributed by atoms with E-state index in [1.165, 1.54) is 7.11 Å². The molecule has 1 aliphatic carbocycles. The predicted octanol–water partition coefficient (Wildman–Crippen LogP) is 3.51. The molecule has 0 saturated carbocycles. The topological polar surface area (TPSA) is 68.3 Å². The Morgan fingerprint density at radius 2 is 2.08 bits per heavy atom. The molecule has 1 aromatic rings. The van der Waals surface area contributed by atoms with Crippen LogP contribution in [-0.2, 0) is 14.3 Å². The molecule has 1 atom stereocenters. The molecule has 5 nitrogen and oxygen atoms in total. The predicted molar refractivity (Wildman–Crippen MR) is 94.9 cm³/mol. The minimum atomic E-state index is -0.489. The number of esters is 1. The molecular weight excluding hydrogens is 340 g/mol. The van der Waals surface area contributed by atoms with Crippen LogP contribution in [0.15, 0.2) is 40.9 Å². The third kappa shape index (κ3) is 3.21. The highest BCUT2D eigenvalue weighted by atomic mass is 35.5. The SMILES string of the molecule is COC(=O)C1=C(C)NC2=C(C(=O)CC(C)(C)C2)[C@H]1c1ccc(Cl)nc1. The largest absolute Gasteiger partial charge is 0.466 e. The smallest absolute Gasteiger partial charge is 0.336 e. The fourth-order valence-corrected chi connectivity index (χ4v) is 3.82. The number of hydrogen-bond acceptors (Lipinski definition) is 5. The van der Waals surface area contributed by atoms with Crippen molar-refractivity contribution in [3.05, 3.63) is 51.6 Å². The van der Waals surface area contributed by atoms with Crippen molar-refractivity contribution in [2.45, 2.75) is 39.5 Å². The van der Waals surface area contributed by atoms with Gasteiger partial charge in [0.25, 0.3) is 0 Å². The summed E-state index contributed by atoms with van der Waals surface area (Å²) in [4.78, 5) is 29.5. The Bertz CT molecular complexity index is 806. The fourth-order valence-electron chi connectivity index (χ4n) is 3.71. The van der Waals surface area contributed by atoms with Crippen LogP contribution in [0.2, 0.25) is 5.15 Å². The van der Waals surface area contributed by atoms with Gasteiger partial charge in [-0.2, -0.15) is 0 Å². The summed E-state index contributed by atoms with van der Waals surface area (Å²) >= 11 is 5.90. The maximum absolute atomic E-state index is 12.9. The minimum absolute atomic E-state index is 0.0487. The van der Waals surface area contributed by atoms with Crippen LogP contribution in [0.1, 0.15) is 45.1 Å². The second-order valence-electron chi connectivity index (χ2n) is 7.34. The van der Waals surface area contributed by atoms with Crippen molar-refractivity contribution in [1.29, 1.82) is 0 Å². The lowest BCUT2D eigenvalue weighted by atomic mass is 9.69. The monoisotopic (exact) mass is 360 g/mol. The number of aromatic nitrogens is 1. The summed E-state index contributed by atoms with van der Waals surface area (Å²) in [5.41, 5.74) is 3.30. The molecule has 25 heavy (non-hydrogen) atoms. The number of Topliss-reactive ketones (excluding diaryl/α,β-unsaturated/α-hetero) is 1. The van der Waals surface area contributed by atoms with Crippen molar-refractivity contribution >= 4 is 23.4 Å². The van der Waals surface area contributed by atoms with Gasteiger partial charge in [-0.1, -0.05) is 31.5 Å². The van der Waals surface area contributed by atoms with Gasteiger partial charge in [-0.25, -0.2) is 9.78 Å². The van der Waals surface area contributed by atoms with Gasteiger partial charge in [-0.3, -0.25) is 4.79 Å². The van der Waals surface area contributed by atoms with Crippen LogP contribution in [0.25, 0.3) is 0 Å². The molecule has 0 aromatic carbocycles. The fraction of sp³-hybridized carbons (Fsp3) is 0.421. The first kappa shape index (κ1) is 17.7. The van der Waals surface area contributed by atoms with Crippen LogP contribution in [0, 0.1) is 5.41 Å².